The molecule has 0 bridgehead atoms. The van der Waals surface area contributed by atoms with E-state index in [2.05, 4.69) is 38.8 Å². The van der Waals surface area contributed by atoms with E-state index in [1.807, 2.05) is 23.1 Å². The largest absolute Gasteiger partial charge is 0.335 e. The van der Waals surface area contributed by atoms with Crippen molar-refractivity contribution in [1.29, 1.82) is 0 Å². The van der Waals surface area contributed by atoms with Gasteiger partial charge in [0.15, 0.2) is 0 Å². The number of hydrogen-bond acceptors (Lipinski definition) is 5. The molecule has 0 unspecified atom stereocenters. The van der Waals surface area contributed by atoms with Gasteiger partial charge in [-0.15, -0.1) is 5.10 Å². The predicted molar refractivity (Wildman–Crippen MR) is 108 cm³/mol. The summed E-state index contributed by atoms with van der Waals surface area (Å²) in [4.78, 5) is 17.9. The van der Waals surface area contributed by atoms with E-state index in [9.17, 15) is 4.79 Å². The zero-order valence-electron chi connectivity index (χ0n) is 14.7. The lowest BCUT2D eigenvalue weighted by Gasteiger charge is -2.34. The van der Waals surface area contributed by atoms with Gasteiger partial charge in [0, 0.05) is 43.3 Å². The molecule has 7 heteroatoms. The molecule has 1 aliphatic rings. The van der Waals surface area contributed by atoms with Crippen LogP contribution in [0.5, 0.6) is 0 Å². The molecular weight excluding hydrogens is 380 g/mol. The molecule has 1 saturated heterocycles. The van der Waals surface area contributed by atoms with Crippen LogP contribution in [0.25, 0.3) is 11.3 Å². The molecule has 0 saturated carbocycles. The summed E-state index contributed by atoms with van der Waals surface area (Å²) in [5.41, 5.74) is 2.79. The third-order valence-electron chi connectivity index (χ3n) is 4.71. The molecule has 0 aliphatic carbocycles. The van der Waals surface area contributed by atoms with Crippen molar-refractivity contribution in [3.8, 4) is 11.3 Å². The lowest BCUT2D eigenvalue weighted by atomic mass is 10.1. The van der Waals surface area contributed by atoms with Gasteiger partial charge in [0.2, 0.25) is 0 Å². The average Bonchev–Trinajstić information content (AvgIpc) is 3.19. The van der Waals surface area contributed by atoms with E-state index in [0.29, 0.717) is 28.7 Å². The molecule has 138 valence electrons. The van der Waals surface area contributed by atoms with Crippen molar-refractivity contribution in [2.45, 2.75) is 6.54 Å². The minimum atomic E-state index is 0.00862. The number of hydrogen-bond donors (Lipinski definition) is 0. The zero-order valence-corrected chi connectivity index (χ0v) is 16.3. The summed E-state index contributed by atoms with van der Waals surface area (Å²) < 4.78 is 4.01. The van der Waals surface area contributed by atoms with Crippen molar-refractivity contribution in [1.82, 2.24) is 19.4 Å². The van der Waals surface area contributed by atoms with Crippen molar-refractivity contribution in [2.24, 2.45) is 0 Å². The number of benzene rings is 2. The first-order valence-electron chi connectivity index (χ1n) is 8.84. The van der Waals surface area contributed by atoms with Crippen LogP contribution in [0.1, 0.15) is 15.2 Å². The third kappa shape index (κ3) is 4.18. The number of carbonyl (C=O) groups excluding carboxylic acids is 1. The zero-order chi connectivity index (χ0) is 18.6. The Morgan fingerprint density at radius 3 is 2.41 bits per heavy atom. The highest BCUT2D eigenvalue weighted by Gasteiger charge is 2.26. The molecule has 27 heavy (non-hydrogen) atoms. The van der Waals surface area contributed by atoms with Gasteiger partial charge in [0.05, 0.1) is 0 Å². The summed E-state index contributed by atoms with van der Waals surface area (Å²) in [5, 5.41) is 4.83. The lowest BCUT2D eigenvalue weighted by Crippen LogP contribution is -2.48. The molecule has 1 aromatic heterocycles. The number of nitrogens with zero attached hydrogens (tertiary/aromatic N) is 4. The number of piperazine rings is 1. The fourth-order valence-corrected chi connectivity index (χ4v) is 4.00. The van der Waals surface area contributed by atoms with E-state index >= 15 is 0 Å². The van der Waals surface area contributed by atoms with Gasteiger partial charge in [0.1, 0.15) is 10.6 Å². The summed E-state index contributed by atoms with van der Waals surface area (Å²) in [6.07, 6.45) is 0. The summed E-state index contributed by atoms with van der Waals surface area (Å²) in [6, 6.07) is 17.8. The number of carbonyl (C=O) groups is 1. The van der Waals surface area contributed by atoms with Gasteiger partial charge >= 0.3 is 0 Å². The molecule has 0 N–H and O–H groups in total. The van der Waals surface area contributed by atoms with Gasteiger partial charge in [-0.3, -0.25) is 9.69 Å². The maximum absolute atomic E-state index is 13.0. The quantitative estimate of drug-likeness (QED) is 0.670. The van der Waals surface area contributed by atoms with Gasteiger partial charge in [-0.25, -0.2) is 0 Å². The van der Waals surface area contributed by atoms with Crippen LogP contribution >= 0.6 is 23.1 Å². The number of amides is 1. The van der Waals surface area contributed by atoms with Crippen LogP contribution in [-0.4, -0.2) is 51.5 Å². The molecule has 1 fully saturated rings. The summed E-state index contributed by atoms with van der Waals surface area (Å²) in [5.74, 6) is 0.00862. The van der Waals surface area contributed by atoms with Crippen LogP contribution < -0.4 is 0 Å². The minimum Gasteiger partial charge on any atom is -0.335 e. The van der Waals surface area contributed by atoms with Gasteiger partial charge in [-0.1, -0.05) is 58.6 Å². The van der Waals surface area contributed by atoms with Crippen LogP contribution in [0.2, 0.25) is 5.02 Å². The molecule has 3 aromatic rings. The average molecular weight is 399 g/mol. The van der Waals surface area contributed by atoms with Crippen molar-refractivity contribution in [2.75, 3.05) is 26.2 Å². The second kappa shape index (κ2) is 8.17. The molecule has 0 radical (unpaired) electrons. The maximum atomic E-state index is 13.0. The van der Waals surface area contributed by atoms with E-state index in [4.69, 9.17) is 11.6 Å². The van der Waals surface area contributed by atoms with Crippen LogP contribution in [0, 0.1) is 0 Å². The standard InChI is InChI=1S/C20H19ClN4OS/c21-17-8-6-16(7-9-17)18-19(27-23-22-18)20(26)25-12-10-24(11-13-25)14-15-4-2-1-3-5-15/h1-9H,10-14H2. The van der Waals surface area contributed by atoms with Crippen LogP contribution in [-0.2, 0) is 6.54 Å². The molecule has 2 heterocycles. The highest BCUT2D eigenvalue weighted by Crippen LogP contribution is 2.26. The second-order valence-electron chi connectivity index (χ2n) is 6.51. The Hall–Kier alpha value is -2.28. The first kappa shape index (κ1) is 18.1. The molecule has 1 aliphatic heterocycles. The van der Waals surface area contributed by atoms with Crippen LogP contribution in [0.3, 0.4) is 0 Å². The molecule has 0 atom stereocenters. The van der Waals surface area contributed by atoms with Crippen molar-refractivity contribution >= 4 is 29.0 Å². The third-order valence-corrected chi connectivity index (χ3v) is 5.67. The first-order valence-corrected chi connectivity index (χ1v) is 10.00. The molecule has 2 aromatic carbocycles. The summed E-state index contributed by atoms with van der Waals surface area (Å²) >= 11 is 7.11. The molecule has 1 amide bonds. The number of halogens is 1. The Balaban J connectivity index is 1.42. The van der Waals surface area contributed by atoms with Gasteiger partial charge in [-0.05, 0) is 29.2 Å². The smallest absolute Gasteiger partial charge is 0.267 e. The monoisotopic (exact) mass is 398 g/mol. The van der Waals surface area contributed by atoms with Gasteiger partial charge < -0.3 is 4.90 Å². The van der Waals surface area contributed by atoms with E-state index in [-0.39, 0.29) is 5.91 Å². The Morgan fingerprint density at radius 2 is 1.70 bits per heavy atom. The highest BCUT2D eigenvalue weighted by atomic mass is 35.5. The Kier molecular flexibility index (Phi) is 5.48. The van der Waals surface area contributed by atoms with E-state index in [1.165, 1.54) is 5.56 Å². The minimum absolute atomic E-state index is 0.00862. The van der Waals surface area contributed by atoms with E-state index < -0.39 is 0 Å². The van der Waals surface area contributed by atoms with Crippen LogP contribution in [0.15, 0.2) is 54.6 Å². The van der Waals surface area contributed by atoms with Crippen molar-refractivity contribution < 1.29 is 4.79 Å². The Morgan fingerprint density at radius 1 is 1.00 bits per heavy atom. The topological polar surface area (TPSA) is 49.3 Å². The number of aromatic nitrogens is 2. The van der Waals surface area contributed by atoms with Gasteiger partial charge in [-0.2, -0.15) is 0 Å². The van der Waals surface area contributed by atoms with Crippen molar-refractivity contribution in [3.05, 3.63) is 70.1 Å². The van der Waals surface area contributed by atoms with E-state index in [0.717, 1.165) is 36.7 Å². The fraction of sp³-hybridized carbons (Fsp3) is 0.250. The summed E-state index contributed by atoms with van der Waals surface area (Å²) in [7, 11) is 0. The summed E-state index contributed by atoms with van der Waals surface area (Å²) in [6.45, 7) is 4.07. The normalized spacial score (nSPS) is 15.1. The van der Waals surface area contributed by atoms with Gasteiger partial charge in [0.25, 0.3) is 5.91 Å². The molecule has 0 spiro atoms. The Bertz CT molecular complexity index is 905. The second-order valence-corrected chi connectivity index (χ2v) is 7.70. The van der Waals surface area contributed by atoms with Crippen molar-refractivity contribution in [3.63, 3.8) is 0 Å². The predicted octanol–water partition coefficient (Wildman–Crippen LogP) is 3.82. The molecular formula is C20H19ClN4OS. The maximum Gasteiger partial charge on any atom is 0.267 e. The molecule has 4 rings (SSSR count). The fourth-order valence-electron chi connectivity index (χ4n) is 3.22. The lowest BCUT2D eigenvalue weighted by molar-refractivity contribution is 0.0633. The number of rotatable bonds is 4. The highest BCUT2D eigenvalue weighted by molar-refractivity contribution is 7.08. The van der Waals surface area contributed by atoms with Crippen LogP contribution in [0.4, 0.5) is 0 Å². The SMILES string of the molecule is O=C(c1snnc1-c1ccc(Cl)cc1)N1CCN(Cc2ccccc2)CC1. The van der Waals surface area contributed by atoms with E-state index in [1.54, 1.807) is 12.1 Å². The first-order chi connectivity index (χ1) is 13.2. The Labute approximate surface area is 167 Å². The molecule has 5 nitrogen and oxygen atoms in total.